The lowest BCUT2D eigenvalue weighted by Gasteiger charge is -2.32. The third-order valence-corrected chi connectivity index (χ3v) is 5.71. The lowest BCUT2D eigenvalue weighted by molar-refractivity contribution is -0.119. The van der Waals surface area contributed by atoms with Crippen LogP contribution < -0.4 is 21.1 Å². The number of rotatable bonds is 10. The summed E-state index contributed by atoms with van der Waals surface area (Å²) < 4.78 is 6.00. The SMILES string of the molecule is Cl.N=C(N)c1ccc(N(Cc2ccccc2)C(C(N)=O)c2cccc(OCc3ccccc3)c2)cc1. The van der Waals surface area contributed by atoms with Gasteiger partial charge in [0.15, 0.2) is 0 Å². The van der Waals surface area contributed by atoms with Gasteiger partial charge in [0.1, 0.15) is 24.2 Å². The molecule has 0 spiro atoms. The Morgan fingerprint density at radius 3 is 2.00 bits per heavy atom. The third-order valence-electron chi connectivity index (χ3n) is 5.71. The molecule has 36 heavy (non-hydrogen) atoms. The molecule has 4 aromatic rings. The van der Waals surface area contributed by atoms with E-state index in [1.807, 2.05) is 102 Å². The van der Waals surface area contributed by atoms with Crippen molar-refractivity contribution in [3.05, 3.63) is 131 Å². The van der Waals surface area contributed by atoms with Gasteiger partial charge in [-0.1, -0.05) is 72.8 Å². The van der Waals surface area contributed by atoms with Crippen LogP contribution in [0.4, 0.5) is 5.69 Å². The van der Waals surface area contributed by atoms with E-state index in [1.54, 1.807) is 12.1 Å². The van der Waals surface area contributed by atoms with E-state index in [2.05, 4.69) is 0 Å². The number of ether oxygens (including phenoxy) is 1. The minimum absolute atomic E-state index is 0. The van der Waals surface area contributed by atoms with Crippen LogP contribution in [0.5, 0.6) is 5.75 Å². The second kappa shape index (κ2) is 12.4. The number of nitrogen functional groups attached to an aromatic ring is 1. The van der Waals surface area contributed by atoms with Gasteiger partial charge in [-0.2, -0.15) is 0 Å². The highest BCUT2D eigenvalue weighted by Crippen LogP contribution is 2.31. The molecule has 0 fully saturated rings. The lowest BCUT2D eigenvalue weighted by Crippen LogP contribution is -2.37. The van der Waals surface area contributed by atoms with E-state index >= 15 is 0 Å². The number of anilines is 1. The molecular formula is C29H29ClN4O2. The second-order valence-corrected chi connectivity index (χ2v) is 8.23. The Hall–Kier alpha value is -4.29. The van der Waals surface area contributed by atoms with E-state index in [0.29, 0.717) is 24.5 Å². The number of halogens is 1. The average Bonchev–Trinajstić information content (AvgIpc) is 2.88. The summed E-state index contributed by atoms with van der Waals surface area (Å²) in [4.78, 5) is 14.8. The number of carbonyl (C=O) groups is 1. The molecule has 0 saturated carbocycles. The van der Waals surface area contributed by atoms with E-state index in [-0.39, 0.29) is 18.2 Å². The molecule has 7 heteroatoms. The summed E-state index contributed by atoms with van der Waals surface area (Å²) in [5, 5.41) is 7.68. The fraction of sp³-hybridized carbons (Fsp3) is 0.103. The predicted molar refractivity (Wildman–Crippen MR) is 146 cm³/mol. The maximum atomic E-state index is 12.9. The summed E-state index contributed by atoms with van der Waals surface area (Å²) in [6.45, 7) is 0.884. The summed E-state index contributed by atoms with van der Waals surface area (Å²) in [6, 6.07) is 33.8. The predicted octanol–water partition coefficient (Wildman–Crippen LogP) is 5.20. The Kier molecular flexibility index (Phi) is 9.08. The molecule has 0 aliphatic rings. The Balaban J connectivity index is 0.00000361. The van der Waals surface area contributed by atoms with E-state index in [1.165, 1.54) is 0 Å². The van der Waals surface area contributed by atoms with Crippen molar-refractivity contribution < 1.29 is 9.53 Å². The molecule has 1 amide bonds. The number of carbonyl (C=O) groups excluding carboxylic acids is 1. The van der Waals surface area contributed by atoms with Crippen LogP contribution >= 0.6 is 12.4 Å². The summed E-state index contributed by atoms with van der Waals surface area (Å²) in [7, 11) is 0. The van der Waals surface area contributed by atoms with Gasteiger partial charge in [0, 0.05) is 17.8 Å². The third kappa shape index (κ3) is 6.64. The Bertz CT molecular complexity index is 1280. The number of amidine groups is 1. The first-order chi connectivity index (χ1) is 17.0. The fourth-order valence-electron chi connectivity index (χ4n) is 3.96. The molecule has 1 atom stereocenters. The normalized spacial score (nSPS) is 11.1. The Morgan fingerprint density at radius 2 is 1.42 bits per heavy atom. The first kappa shape index (κ1) is 26.3. The Morgan fingerprint density at radius 1 is 0.806 bits per heavy atom. The zero-order valence-electron chi connectivity index (χ0n) is 19.7. The van der Waals surface area contributed by atoms with Crippen LogP contribution in [0.1, 0.15) is 28.3 Å². The molecule has 0 saturated heterocycles. The molecular weight excluding hydrogens is 472 g/mol. The molecule has 4 rings (SSSR count). The minimum Gasteiger partial charge on any atom is -0.489 e. The van der Waals surface area contributed by atoms with Crippen LogP contribution in [-0.4, -0.2) is 11.7 Å². The highest BCUT2D eigenvalue weighted by Gasteiger charge is 2.27. The highest BCUT2D eigenvalue weighted by molar-refractivity contribution is 5.95. The molecule has 0 radical (unpaired) electrons. The van der Waals surface area contributed by atoms with Crippen LogP contribution in [0.25, 0.3) is 0 Å². The molecule has 0 aromatic heterocycles. The van der Waals surface area contributed by atoms with Gasteiger partial charge in [-0.15, -0.1) is 12.4 Å². The minimum atomic E-state index is -0.737. The van der Waals surface area contributed by atoms with Crippen molar-refractivity contribution in [2.45, 2.75) is 19.2 Å². The van der Waals surface area contributed by atoms with Crippen molar-refractivity contribution in [2.75, 3.05) is 4.90 Å². The van der Waals surface area contributed by atoms with Gasteiger partial charge in [0.25, 0.3) is 0 Å². The lowest BCUT2D eigenvalue weighted by atomic mass is 10.0. The zero-order chi connectivity index (χ0) is 24.6. The van der Waals surface area contributed by atoms with Crippen LogP contribution in [0.2, 0.25) is 0 Å². The number of nitrogens with one attached hydrogen (secondary N) is 1. The monoisotopic (exact) mass is 500 g/mol. The van der Waals surface area contributed by atoms with E-state index in [4.69, 9.17) is 21.6 Å². The summed E-state index contributed by atoms with van der Waals surface area (Å²) >= 11 is 0. The molecule has 0 aliphatic carbocycles. The fourth-order valence-corrected chi connectivity index (χ4v) is 3.96. The average molecular weight is 501 g/mol. The van der Waals surface area contributed by atoms with Gasteiger partial charge in [0.2, 0.25) is 5.91 Å². The summed E-state index contributed by atoms with van der Waals surface area (Å²) in [5.41, 5.74) is 15.8. The van der Waals surface area contributed by atoms with E-state index < -0.39 is 11.9 Å². The Labute approximate surface area is 217 Å². The topological polar surface area (TPSA) is 105 Å². The summed E-state index contributed by atoms with van der Waals surface area (Å²) in [6.07, 6.45) is 0. The van der Waals surface area contributed by atoms with Crippen molar-refractivity contribution in [1.82, 2.24) is 0 Å². The molecule has 0 bridgehead atoms. The van der Waals surface area contributed by atoms with Gasteiger partial charge in [-0.3, -0.25) is 10.2 Å². The largest absolute Gasteiger partial charge is 0.489 e. The van der Waals surface area contributed by atoms with Gasteiger partial charge in [-0.05, 0) is 53.1 Å². The van der Waals surface area contributed by atoms with Crippen molar-refractivity contribution in [2.24, 2.45) is 11.5 Å². The number of nitrogens with zero attached hydrogens (tertiary/aromatic N) is 1. The van der Waals surface area contributed by atoms with Gasteiger partial charge in [-0.25, -0.2) is 0 Å². The maximum Gasteiger partial charge on any atom is 0.244 e. The number of nitrogens with two attached hydrogens (primary N) is 2. The highest BCUT2D eigenvalue weighted by atomic mass is 35.5. The second-order valence-electron chi connectivity index (χ2n) is 8.23. The zero-order valence-corrected chi connectivity index (χ0v) is 20.5. The quantitative estimate of drug-likeness (QED) is 0.205. The number of hydrogen-bond acceptors (Lipinski definition) is 4. The standard InChI is InChI=1S/C29H28N4O2.ClH/c30-28(31)23-14-16-25(17-15-23)33(19-21-8-3-1-4-9-21)27(29(32)34)24-12-7-13-26(18-24)35-20-22-10-5-2-6-11-22;/h1-18,27H,19-20H2,(H3,30,31)(H2,32,34);1H. The van der Waals surface area contributed by atoms with Crippen LogP contribution in [0.15, 0.2) is 109 Å². The molecule has 5 N–H and O–H groups in total. The molecule has 1 unspecified atom stereocenters. The van der Waals surface area contributed by atoms with Crippen molar-refractivity contribution in [3.63, 3.8) is 0 Å². The molecule has 0 heterocycles. The van der Waals surface area contributed by atoms with Crippen LogP contribution in [-0.2, 0) is 17.9 Å². The summed E-state index contributed by atoms with van der Waals surface area (Å²) in [5.74, 6) is 0.168. The van der Waals surface area contributed by atoms with E-state index in [0.717, 1.165) is 22.4 Å². The van der Waals surface area contributed by atoms with Crippen molar-refractivity contribution in [1.29, 1.82) is 5.41 Å². The number of hydrogen-bond donors (Lipinski definition) is 3. The van der Waals surface area contributed by atoms with Crippen molar-refractivity contribution >= 4 is 29.8 Å². The van der Waals surface area contributed by atoms with Crippen LogP contribution in [0, 0.1) is 5.41 Å². The molecule has 184 valence electrons. The van der Waals surface area contributed by atoms with Crippen molar-refractivity contribution in [3.8, 4) is 5.75 Å². The van der Waals surface area contributed by atoms with Gasteiger partial charge in [0.05, 0.1) is 0 Å². The smallest absolute Gasteiger partial charge is 0.244 e. The number of amides is 1. The molecule has 4 aromatic carbocycles. The number of primary amides is 1. The van der Waals surface area contributed by atoms with Crippen LogP contribution in [0.3, 0.4) is 0 Å². The maximum absolute atomic E-state index is 12.9. The molecule has 6 nitrogen and oxygen atoms in total. The first-order valence-corrected chi connectivity index (χ1v) is 11.3. The van der Waals surface area contributed by atoms with Gasteiger partial charge >= 0.3 is 0 Å². The van der Waals surface area contributed by atoms with E-state index in [9.17, 15) is 4.79 Å². The number of benzene rings is 4. The van der Waals surface area contributed by atoms with Gasteiger partial charge < -0.3 is 21.1 Å². The first-order valence-electron chi connectivity index (χ1n) is 11.3. The molecule has 0 aliphatic heterocycles.